The molecule has 0 aliphatic rings. The largest absolute Gasteiger partial charge is 0.487 e. The molecule has 0 bridgehead atoms. The first-order valence-electron chi connectivity index (χ1n) is 5.82. The summed E-state index contributed by atoms with van der Waals surface area (Å²) in [5, 5.41) is 9.81. The van der Waals surface area contributed by atoms with Gasteiger partial charge in [-0.25, -0.2) is 4.63 Å². The van der Waals surface area contributed by atoms with Gasteiger partial charge in [0.05, 0.1) is 0 Å². The summed E-state index contributed by atoms with van der Waals surface area (Å²) in [7, 11) is 0. The minimum absolute atomic E-state index is 0.359. The molecule has 3 aromatic rings. The van der Waals surface area contributed by atoms with E-state index in [1.807, 2.05) is 31.2 Å². The molecular weight excluding hydrogens is 308 g/mol. The van der Waals surface area contributed by atoms with Crippen molar-refractivity contribution in [3.8, 4) is 5.75 Å². The number of aromatic nitrogens is 2. The van der Waals surface area contributed by atoms with Gasteiger partial charge >= 0.3 is 0 Å². The van der Waals surface area contributed by atoms with E-state index in [2.05, 4.69) is 43.0 Å². The van der Waals surface area contributed by atoms with Crippen LogP contribution in [0.15, 0.2) is 45.5 Å². The molecule has 4 nitrogen and oxygen atoms in total. The van der Waals surface area contributed by atoms with E-state index in [0.29, 0.717) is 6.61 Å². The summed E-state index contributed by atoms with van der Waals surface area (Å²) in [5.41, 5.74) is 1.47. The first-order chi connectivity index (χ1) is 9.22. The van der Waals surface area contributed by atoms with E-state index in [9.17, 15) is 0 Å². The number of fused-ring (bicyclic) bond motifs is 1. The second-order valence-electron chi connectivity index (χ2n) is 4.24. The van der Waals surface area contributed by atoms with Gasteiger partial charge in [0, 0.05) is 4.47 Å². The van der Waals surface area contributed by atoms with E-state index in [1.165, 1.54) is 5.39 Å². The number of halogens is 1. The monoisotopic (exact) mass is 318 g/mol. The van der Waals surface area contributed by atoms with Crippen molar-refractivity contribution >= 4 is 26.7 Å². The summed E-state index contributed by atoms with van der Waals surface area (Å²) < 4.78 is 11.4. The van der Waals surface area contributed by atoms with Gasteiger partial charge in [0.15, 0.2) is 0 Å². The number of hydrogen-bond donors (Lipinski definition) is 0. The van der Waals surface area contributed by atoms with Crippen molar-refractivity contribution < 1.29 is 9.37 Å². The summed E-state index contributed by atoms with van der Waals surface area (Å²) in [6, 6.07) is 12.1. The predicted molar refractivity (Wildman–Crippen MR) is 75.0 cm³/mol. The van der Waals surface area contributed by atoms with Crippen LogP contribution < -0.4 is 4.74 Å². The van der Waals surface area contributed by atoms with E-state index in [0.717, 1.165) is 27.0 Å². The molecule has 3 rings (SSSR count). The Labute approximate surface area is 118 Å². The van der Waals surface area contributed by atoms with Gasteiger partial charge in [-0.1, -0.05) is 38.4 Å². The number of ether oxygens (including phenoxy) is 1. The first kappa shape index (κ1) is 12.2. The van der Waals surface area contributed by atoms with Crippen LogP contribution in [0.4, 0.5) is 0 Å². The zero-order valence-electron chi connectivity index (χ0n) is 10.3. The summed E-state index contributed by atoms with van der Waals surface area (Å²) in [6.45, 7) is 2.20. The standard InChI is InChI=1S/C14H11BrN2O2/c1-9-14(17-19-16-9)8-18-13-5-3-10-6-12(15)4-2-11(10)7-13/h2-7H,8H2,1H3. The summed E-state index contributed by atoms with van der Waals surface area (Å²) in [6.07, 6.45) is 0. The second-order valence-corrected chi connectivity index (χ2v) is 5.15. The molecule has 0 aliphatic carbocycles. The summed E-state index contributed by atoms with van der Waals surface area (Å²) in [4.78, 5) is 0. The van der Waals surface area contributed by atoms with E-state index in [-0.39, 0.29) is 0 Å². The molecule has 1 heterocycles. The molecule has 0 fully saturated rings. The molecule has 2 aromatic carbocycles. The lowest BCUT2D eigenvalue weighted by molar-refractivity contribution is 0.270. The minimum atomic E-state index is 0.359. The molecule has 0 spiro atoms. The number of benzene rings is 2. The highest BCUT2D eigenvalue weighted by molar-refractivity contribution is 9.10. The van der Waals surface area contributed by atoms with Crippen LogP contribution in [0, 0.1) is 6.92 Å². The third kappa shape index (κ3) is 2.61. The van der Waals surface area contributed by atoms with Gasteiger partial charge in [0.1, 0.15) is 23.7 Å². The Bertz CT molecular complexity index is 724. The van der Waals surface area contributed by atoms with Crippen molar-refractivity contribution in [2.45, 2.75) is 13.5 Å². The van der Waals surface area contributed by atoms with E-state index in [4.69, 9.17) is 4.74 Å². The number of rotatable bonds is 3. The highest BCUT2D eigenvalue weighted by Crippen LogP contribution is 2.24. The Balaban J connectivity index is 1.82. The normalized spacial score (nSPS) is 10.8. The third-order valence-electron chi connectivity index (χ3n) is 2.90. The van der Waals surface area contributed by atoms with Gasteiger partial charge in [-0.2, -0.15) is 0 Å². The van der Waals surface area contributed by atoms with Gasteiger partial charge < -0.3 is 4.74 Å². The quantitative estimate of drug-likeness (QED) is 0.735. The maximum absolute atomic E-state index is 5.70. The SMILES string of the molecule is Cc1nonc1COc1ccc2cc(Br)ccc2c1. The molecule has 0 aliphatic heterocycles. The van der Waals surface area contributed by atoms with Crippen LogP contribution in [0.1, 0.15) is 11.4 Å². The molecule has 0 unspecified atom stereocenters. The lowest BCUT2D eigenvalue weighted by atomic mass is 10.1. The lowest BCUT2D eigenvalue weighted by Crippen LogP contribution is -1.97. The van der Waals surface area contributed by atoms with Crippen LogP contribution >= 0.6 is 15.9 Å². The Hall–Kier alpha value is -1.88. The molecule has 0 atom stereocenters. The van der Waals surface area contributed by atoms with Gasteiger partial charge in [0.25, 0.3) is 0 Å². The van der Waals surface area contributed by atoms with E-state index in [1.54, 1.807) is 0 Å². The first-order valence-corrected chi connectivity index (χ1v) is 6.62. The van der Waals surface area contributed by atoms with Gasteiger partial charge in [-0.05, 0) is 42.0 Å². The van der Waals surface area contributed by atoms with Crippen molar-refractivity contribution in [1.82, 2.24) is 10.3 Å². The maximum atomic E-state index is 5.70. The number of aryl methyl sites for hydroxylation is 1. The molecular formula is C14H11BrN2O2. The fourth-order valence-electron chi connectivity index (χ4n) is 1.82. The molecule has 0 N–H and O–H groups in total. The zero-order chi connectivity index (χ0) is 13.2. The van der Waals surface area contributed by atoms with Gasteiger partial charge in [-0.3, -0.25) is 0 Å². The van der Waals surface area contributed by atoms with Crippen LogP contribution in [0.3, 0.4) is 0 Å². The highest BCUT2D eigenvalue weighted by atomic mass is 79.9. The number of nitrogens with zero attached hydrogens (tertiary/aromatic N) is 2. The van der Waals surface area contributed by atoms with E-state index < -0.39 is 0 Å². The van der Waals surface area contributed by atoms with Gasteiger partial charge in [-0.15, -0.1) is 0 Å². The summed E-state index contributed by atoms with van der Waals surface area (Å²) in [5.74, 6) is 0.803. The molecule has 0 saturated carbocycles. The topological polar surface area (TPSA) is 48.2 Å². The number of hydrogen-bond acceptors (Lipinski definition) is 4. The molecule has 0 amide bonds. The lowest BCUT2D eigenvalue weighted by Gasteiger charge is -2.06. The van der Waals surface area contributed by atoms with Crippen LogP contribution in [-0.4, -0.2) is 10.3 Å². The molecule has 0 saturated heterocycles. The minimum Gasteiger partial charge on any atom is -0.487 e. The van der Waals surface area contributed by atoms with Crippen molar-refractivity contribution in [2.24, 2.45) is 0 Å². The molecule has 96 valence electrons. The van der Waals surface area contributed by atoms with Crippen LogP contribution in [0.25, 0.3) is 10.8 Å². The molecule has 5 heteroatoms. The Morgan fingerprint density at radius 1 is 1.11 bits per heavy atom. The van der Waals surface area contributed by atoms with Crippen molar-refractivity contribution in [3.63, 3.8) is 0 Å². The van der Waals surface area contributed by atoms with Crippen LogP contribution in [-0.2, 0) is 6.61 Å². The third-order valence-corrected chi connectivity index (χ3v) is 3.39. The van der Waals surface area contributed by atoms with Crippen LogP contribution in [0.2, 0.25) is 0 Å². The average Bonchev–Trinajstić information content (AvgIpc) is 2.82. The zero-order valence-corrected chi connectivity index (χ0v) is 11.8. The summed E-state index contributed by atoms with van der Waals surface area (Å²) >= 11 is 3.46. The maximum Gasteiger partial charge on any atom is 0.145 e. The Morgan fingerprint density at radius 3 is 2.68 bits per heavy atom. The molecule has 1 aromatic heterocycles. The fraction of sp³-hybridized carbons (Fsp3) is 0.143. The molecule has 19 heavy (non-hydrogen) atoms. The molecule has 0 radical (unpaired) electrons. The highest BCUT2D eigenvalue weighted by Gasteiger charge is 2.06. The van der Waals surface area contributed by atoms with Crippen molar-refractivity contribution in [2.75, 3.05) is 0 Å². The van der Waals surface area contributed by atoms with Crippen molar-refractivity contribution in [3.05, 3.63) is 52.3 Å². The second kappa shape index (κ2) is 5.01. The fourth-order valence-corrected chi connectivity index (χ4v) is 2.20. The average molecular weight is 319 g/mol. The smallest absolute Gasteiger partial charge is 0.145 e. The Morgan fingerprint density at radius 2 is 1.89 bits per heavy atom. The van der Waals surface area contributed by atoms with Gasteiger partial charge in [0.2, 0.25) is 0 Å². The van der Waals surface area contributed by atoms with Crippen LogP contribution in [0.5, 0.6) is 5.75 Å². The van der Waals surface area contributed by atoms with Crippen molar-refractivity contribution in [1.29, 1.82) is 0 Å². The Kier molecular flexibility index (Phi) is 3.21. The van der Waals surface area contributed by atoms with E-state index >= 15 is 0 Å². The predicted octanol–water partition coefficient (Wildman–Crippen LogP) is 3.87.